The van der Waals surface area contributed by atoms with Crippen molar-refractivity contribution < 1.29 is 53.6 Å². The maximum Gasteiger partial charge on any atom is 0.231 e. The molecule has 5 atom stereocenters. The number of benzene rings is 2. The van der Waals surface area contributed by atoms with Gasteiger partial charge < -0.3 is 53.6 Å². The highest BCUT2D eigenvalue weighted by Gasteiger charge is 2.45. The van der Waals surface area contributed by atoms with E-state index in [0.717, 1.165) is 0 Å². The van der Waals surface area contributed by atoms with Crippen molar-refractivity contribution in [2.24, 2.45) is 0 Å². The number of ether oxygens (including phenoxy) is 5. The molecule has 3 aromatic rings. The van der Waals surface area contributed by atoms with Crippen molar-refractivity contribution in [3.8, 4) is 39.9 Å². The fourth-order valence-corrected chi connectivity index (χ4v) is 4.05. The summed E-state index contributed by atoms with van der Waals surface area (Å²) in [6.07, 6.45) is -6.07. The summed E-state index contributed by atoms with van der Waals surface area (Å²) in [6.45, 7) is -0.695. The van der Waals surface area contributed by atoms with Crippen LogP contribution >= 0.6 is 0 Å². The zero-order chi connectivity index (χ0) is 24.9. The highest BCUT2D eigenvalue weighted by Crippen LogP contribution is 2.45. The van der Waals surface area contributed by atoms with Gasteiger partial charge in [-0.25, -0.2) is 0 Å². The molecule has 0 bridgehead atoms. The largest absolute Gasteiger partial charge is 0.504 e. The molecule has 1 saturated heterocycles. The van der Waals surface area contributed by atoms with Crippen LogP contribution < -0.4 is 24.4 Å². The first-order valence-corrected chi connectivity index (χ1v) is 10.6. The molecule has 0 saturated carbocycles. The Hall–Kier alpha value is -3.55. The Morgan fingerprint density at radius 3 is 2.60 bits per heavy atom. The van der Waals surface area contributed by atoms with Crippen molar-refractivity contribution in [3.05, 3.63) is 40.8 Å². The topological polar surface area (TPSA) is 178 Å². The summed E-state index contributed by atoms with van der Waals surface area (Å²) in [5.74, 6) is 0.177. The van der Waals surface area contributed by atoms with Gasteiger partial charge in [0, 0.05) is 6.07 Å². The average Bonchev–Trinajstić information content (AvgIpc) is 3.34. The van der Waals surface area contributed by atoms with E-state index in [4.69, 9.17) is 28.1 Å². The van der Waals surface area contributed by atoms with Gasteiger partial charge in [0.05, 0.1) is 19.3 Å². The van der Waals surface area contributed by atoms with Gasteiger partial charge in [-0.3, -0.25) is 4.79 Å². The number of hydrogen-bond donors (Lipinski definition) is 5. The fraction of sp³-hybridized carbons (Fsp3) is 0.348. The van der Waals surface area contributed by atoms with Crippen LogP contribution in [0.25, 0.3) is 22.1 Å². The first kappa shape index (κ1) is 23.2. The molecule has 0 radical (unpaired) electrons. The van der Waals surface area contributed by atoms with Crippen LogP contribution in [0, 0.1) is 0 Å². The number of methoxy groups -OCH3 is 1. The van der Waals surface area contributed by atoms with E-state index in [0.29, 0.717) is 5.56 Å². The van der Waals surface area contributed by atoms with Gasteiger partial charge in [-0.1, -0.05) is 6.07 Å². The predicted molar refractivity (Wildman–Crippen MR) is 117 cm³/mol. The highest BCUT2D eigenvalue weighted by molar-refractivity contribution is 5.91. The van der Waals surface area contributed by atoms with E-state index < -0.39 is 42.7 Å². The Morgan fingerprint density at radius 1 is 1.06 bits per heavy atom. The summed E-state index contributed by atoms with van der Waals surface area (Å²) < 4.78 is 32.4. The van der Waals surface area contributed by atoms with Crippen LogP contribution in [0.5, 0.6) is 28.7 Å². The third-order valence-electron chi connectivity index (χ3n) is 5.94. The van der Waals surface area contributed by atoms with E-state index in [1.54, 1.807) is 0 Å². The molecule has 1 fully saturated rings. The van der Waals surface area contributed by atoms with Crippen LogP contribution in [0.1, 0.15) is 0 Å². The number of aromatic hydroxyl groups is 1. The summed E-state index contributed by atoms with van der Waals surface area (Å²) in [4.78, 5) is 13.2. The standard InChI is InChI=1S/C23H22O12/c1-30-12-4-9(2-3-11(12)34-23-21(29)20(28)18(26)15(6-24)35-23)10-7-31-13-5-14-22(33-8-32-14)19(27)16(13)17(10)25/h2-5,7,15,18,20-21,23-24,26-29H,6,8H2,1H3/t15-,18+,20-,21-,23-/m1/s1. The van der Waals surface area contributed by atoms with Crippen molar-refractivity contribution in [1.29, 1.82) is 0 Å². The number of hydrogen-bond acceptors (Lipinski definition) is 12. The van der Waals surface area contributed by atoms with E-state index >= 15 is 0 Å². The molecule has 5 N–H and O–H groups in total. The highest BCUT2D eigenvalue weighted by atomic mass is 16.7. The molecule has 0 amide bonds. The lowest BCUT2D eigenvalue weighted by atomic mass is 9.99. The minimum Gasteiger partial charge on any atom is -0.504 e. The second-order valence-corrected chi connectivity index (χ2v) is 7.99. The Balaban J connectivity index is 1.49. The van der Waals surface area contributed by atoms with Crippen LogP contribution in [0.2, 0.25) is 0 Å². The smallest absolute Gasteiger partial charge is 0.231 e. The van der Waals surface area contributed by atoms with Crippen LogP contribution in [0.4, 0.5) is 0 Å². The van der Waals surface area contributed by atoms with Crippen molar-refractivity contribution in [2.45, 2.75) is 30.7 Å². The van der Waals surface area contributed by atoms with Gasteiger partial charge in [0.15, 0.2) is 23.0 Å². The van der Waals surface area contributed by atoms with Gasteiger partial charge in [-0.2, -0.15) is 0 Å². The van der Waals surface area contributed by atoms with Gasteiger partial charge in [0.2, 0.25) is 24.3 Å². The van der Waals surface area contributed by atoms with Gasteiger partial charge in [-0.05, 0) is 17.7 Å². The average molecular weight is 490 g/mol. The minimum atomic E-state index is -1.61. The molecule has 186 valence electrons. The lowest BCUT2D eigenvalue weighted by Gasteiger charge is -2.39. The molecule has 12 heteroatoms. The summed E-state index contributed by atoms with van der Waals surface area (Å²) in [5.41, 5.74) is 0.0850. The Kier molecular flexibility index (Phi) is 5.91. The van der Waals surface area contributed by atoms with E-state index in [1.807, 2.05) is 0 Å². The van der Waals surface area contributed by atoms with E-state index in [-0.39, 0.29) is 52.1 Å². The molecule has 3 heterocycles. The lowest BCUT2D eigenvalue weighted by molar-refractivity contribution is -0.277. The second kappa shape index (κ2) is 8.91. The van der Waals surface area contributed by atoms with E-state index in [9.17, 15) is 30.3 Å². The van der Waals surface area contributed by atoms with Crippen LogP contribution in [0.3, 0.4) is 0 Å². The first-order valence-electron chi connectivity index (χ1n) is 10.6. The molecule has 12 nitrogen and oxygen atoms in total. The normalized spacial score (nSPS) is 25.6. The fourth-order valence-electron chi connectivity index (χ4n) is 4.05. The summed E-state index contributed by atoms with van der Waals surface area (Å²) in [6, 6.07) is 5.89. The maximum absolute atomic E-state index is 13.2. The quantitative estimate of drug-likeness (QED) is 0.326. The molecule has 0 unspecified atom stereocenters. The SMILES string of the molecule is COc1cc(-c2coc3cc4c(c(O)c3c2=O)OCO4)ccc1O[C@@H]1O[C@H](CO)[C@H](O)[C@@H](O)[C@H]1O. The molecule has 2 aliphatic rings. The molecule has 0 aliphatic carbocycles. The lowest BCUT2D eigenvalue weighted by Crippen LogP contribution is -2.60. The zero-order valence-electron chi connectivity index (χ0n) is 18.3. The number of aliphatic hydroxyl groups is 4. The molecule has 0 spiro atoms. The van der Waals surface area contributed by atoms with Gasteiger partial charge in [0.25, 0.3) is 0 Å². The molecule has 2 aromatic carbocycles. The van der Waals surface area contributed by atoms with Gasteiger partial charge in [-0.15, -0.1) is 0 Å². The number of aliphatic hydroxyl groups excluding tert-OH is 4. The monoisotopic (exact) mass is 490 g/mol. The molecular formula is C23H22O12. The molecule has 2 aliphatic heterocycles. The van der Waals surface area contributed by atoms with Crippen LogP contribution in [-0.4, -0.2) is 76.7 Å². The summed E-state index contributed by atoms with van der Waals surface area (Å²) >= 11 is 0. The first-order chi connectivity index (χ1) is 16.8. The van der Waals surface area contributed by atoms with Gasteiger partial charge >= 0.3 is 0 Å². The number of phenolic OH excluding ortho intramolecular Hbond substituents is 1. The van der Waals surface area contributed by atoms with Gasteiger partial charge in [0.1, 0.15) is 41.6 Å². The van der Waals surface area contributed by atoms with Crippen molar-refractivity contribution in [3.63, 3.8) is 0 Å². The van der Waals surface area contributed by atoms with Crippen LogP contribution in [0.15, 0.2) is 39.7 Å². The maximum atomic E-state index is 13.2. The third-order valence-corrected chi connectivity index (χ3v) is 5.94. The molecule has 1 aromatic heterocycles. The van der Waals surface area contributed by atoms with Crippen LogP contribution in [-0.2, 0) is 4.74 Å². The van der Waals surface area contributed by atoms with Crippen molar-refractivity contribution in [2.75, 3.05) is 20.5 Å². The third kappa shape index (κ3) is 3.81. The molecular weight excluding hydrogens is 468 g/mol. The minimum absolute atomic E-state index is 0.0582. The Bertz CT molecular complexity index is 1320. The van der Waals surface area contributed by atoms with E-state index in [2.05, 4.69) is 0 Å². The van der Waals surface area contributed by atoms with Crippen molar-refractivity contribution in [1.82, 2.24) is 0 Å². The Labute approximate surface area is 197 Å². The number of rotatable bonds is 5. The molecule has 5 rings (SSSR count). The Morgan fingerprint density at radius 2 is 1.86 bits per heavy atom. The van der Waals surface area contributed by atoms with Crippen molar-refractivity contribution >= 4 is 11.0 Å². The number of fused-ring (bicyclic) bond motifs is 2. The second-order valence-electron chi connectivity index (χ2n) is 7.99. The molecule has 35 heavy (non-hydrogen) atoms. The number of phenols is 1. The summed E-state index contributed by atoms with van der Waals surface area (Å²) in [7, 11) is 1.36. The zero-order valence-corrected chi connectivity index (χ0v) is 18.3. The predicted octanol–water partition coefficient (Wildman–Crippen LogP) is 0.0816. The summed E-state index contributed by atoms with van der Waals surface area (Å²) in [5, 5.41) is 50.0. The van der Waals surface area contributed by atoms with E-state index in [1.165, 1.54) is 37.6 Å².